The van der Waals surface area contributed by atoms with Crippen molar-refractivity contribution in [3.05, 3.63) is 84.2 Å². The molecule has 0 aromatic heterocycles. The van der Waals surface area contributed by atoms with Gasteiger partial charge in [-0.2, -0.15) is 0 Å². The molecule has 1 N–H and O–H groups in total. The Labute approximate surface area is 173 Å². The summed E-state index contributed by atoms with van der Waals surface area (Å²) in [7, 11) is 0.636. The van der Waals surface area contributed by atoms with Gasteiger partial charge in [0.2, 0.25) is 5.91 Å². The van der Waals surface area contributed by atoms with Crippen molar-refractivity contribution in [2.24, 2.45) is 5.92 Å². The standard InChI is InChI=1S/C24H26NO3P/c1-18(25-23(26)16-17-24(27)28-2)21-14-9-15-22(21)29(19-10-5-3-6-11-19)20-12-7-4-8-13-20/h3-15,18,21H,16-17H2,1-2H3,(H,25,26). The first-order chi connectivity index (χ1) is 14.1. The number of hydrogen-bond donors (Lipinski definition) is 1. The van der Waals surface area contributed by atoms with E-state index in [9.17, 15) is 9.59 Å². The van der Waals surface area contributed by atoms with Gasteiger partial charge in [-0.05, 0) is 30.8 Å². The summed E-state index contributed by atoms with van der Waals surface area (Å²) in [6.45, 7) is 2.02. The zero-order valence-electron chi connectivity index (χ0n) is 16.7. The molecular formula is C24H26NO3P. The van der Waals surface area contributed by atoms with Gasteiger partial charge in [0.15, 0.2) is 0 Å². The lowest BCUT2D eigenvalue weighted by Gasteiger charge is -2.29. The largest absolute Gasteiger partial charge is 0.469 e. The van der Waals surface area contributed by atoms with Gasteiger partial charge < -0.3 is 10.1 Å². The minimum absolute atomic E-state index is 0.0671. The van der Waals surface area contributed by atoms with E-state index in [1.54, 1.807) is 0 Å². The zero-order chi connectivity index (χ0) is 20.6. The molecule has 2 unspecified atom stereocenters. The molecule has 4 nitrogen and oxygen atoms in total. The average molecular weight is 407 g/mol. The van der Waals surface area contributed by atoms with Crippen molar-refractivity contribution >= 4 is 30.4 Å². The maximum atomic E-state index is 12.3. The van der Waals surface area contributed by atoms with Crippen molar-refractivity contribution in [1.29, 1.82) is 0 Å². The van der Waals surface area contributed by atoms with Gasteiger partial charge in [0.25, 0.3) is 0 Å². The van der Waals surface area contributed by atoms with Crippen molar-refractivity contribution < 1.29 is 14.3 Å². The van der Waals surface area contributed by atoms with Crippen molar-refractivity contribution in [2.45, 2.75) is 25.8 Å². The van der Waals surface area contributed by atoms with E-state index >= 15 is 0 Å². The quantitative estimate of drug-likeness (QED) is 0.537. The van der Waals surface area contributed by atoms with Crippen LogP contribution in [-0.4, -0.2) is 25.0 Å². The molecule has 3 rings (SSSR count). The van der Waals surface area contributed by atoms with Gasteiger partial charge in [-0.15, -0.1) is 0 Å². The first-order valence-corrected chi connectivity index (χ1v) is 11.1. The average Bonchev–Trinajstić information content (AvgIpc) is 3.23. The lowest BCUT2D eigenvalue weighted by atomic mass is 10.0. The van der Waals surface area contributed by atoms with Crippen molar-refractivity contribution in [3.8, 4) is 0 Å². The fraction of sp³-hybridized carbons (Fsp3) is 0.250. The van der Waals surface area contributed by atoms with Crippen LogP contribution in [0.3, 0.4) is 0 Å². The number of hydrogen-bond acceptors (Lipinski definition) is 3. The highest BCUT2D eigenvalue weighted by molar-refractivity contribution is 7.76. The van der Waals surface area contributed by atoms with Gasteiger partial charge in [0.1, 0.15) is 0 Å². The lowest BCUT2D eigenvalue weighted by molar-refractivity contribution is -0.142. The third kappa shape index (κ3) is 5.42. The highest BCUT2D eigenvalue weighted by Gasteiger charge is 2.30. The van der Waals surface area contributed by atoms with E-state index in [1.165, 1.54) is 23.0 Å². The molecule has 0 saturated heterocycles. The van der Waals surface area contributed by atoms with Gasteiger partial charge in [-0.1, -0.05) is 78.9 Å². The van der Waals surface area contributed by atoms with E-state index in [2.05, 4.69) is 76.8 Å². The minimum atomic E-state index is -0.696. The Morgan fingerprint density at radius 3 is 2.14 bits per heavy atom. The fourth-order valence-corrected chi connectivity index (χ4v) is 6.14. The van der Waals surface area contributed by atoms with E-state index in [0.29, 0.717) is 0 Å². The molecule has 2 aromatic carbocycles. The number of benzene rings is 2. The summed E-state index contributed by atoms with van der Waals surface area (Å²) in [6.07, 6.45) is 6.66. The highest BCUT2D eigenvalue weighted by atomic mass is 31.1. The smallest absolute Gasteiger partial charge is 0.306 e. The van der Waals surface area contributed by atoms with Crippen molar-refractivity contribution in [2.75, 3.05) is 7.11 Å². The van der Waals surface area contributed by atoms with Crippen LogP contribution in [0.1, 0.15) is 19.8 Å². The Morgan fingerprint density at radius 2 is 1.59 bits per heavy atom. The number of carbonyl (C=O) groups excluding carboxylic acids is 2. The summed E-state index contributed by atoms with van der Waals surface area (Å²) in [5.41, 5.74) is 0. The SMILES string of the molecule is COC(=O)CCC(=O)NC(C)C1C=CC=C1P(c1ccccc1)c1ccccc1. The molecule has 0 saturated carbocycles. The summed E-state index contributed by atoms with van der Waals surface area (Å²) in [4.78, 5) is 23.6. The molecular weight excluding hydrogens is 381 g/mol. The fourth-order valence-electron chi connectivity index (χ4n) is 3.46. The molecule has 0 bridgehead atoms. The highest BCUT2D eigenvalue weighted by Crippen LogP contribution is 2.49. The topological polar surface area (TPSA) is 55.4 Å². The Balaban J connectivity index is 1.78. The number of rotatable bonds is 8. The number of nitrogens with one attached hydrogen (secondary N) is 1. The van der Waals surface area contributed by atoms with Crippen LogP contribution in [-0.2, 0) is 14.3 Å². The summed E-state index contributed by atoms with van der Waals surface area (Å²) in [6, 6.07) is 21.0. The Bertz CT molecular complexity index is 853. The van der Waals surface area contributed by atoms with Crippen LogP contribution in [0.5, 0.6) is 0 Å². The van der Waals surface area contributed by atoms with E-state index in [-0.39, 0.29) is 36.7 Å². The van der Waals surface area contributed by atoms with Crippen molar-refractivity contribution in [1.82, 2.24) is 5.32 Å². The van der Waals surface area contributed by atoms with E-state index in [0.717, 1.165) is 0 Å². The van der Waals surface area contributed by atoms with Gasteiger partial charge in [-0.25, -0.2) is 0 Å². The van der Waals surface area contributed by atoms with Gasteiger partial charge in [0, 0.05) is 18.4 Å². The van der Waals surface area contributed by atoms with Crippen LogP contribution in [0.15, 0.2) is 84.2 Å². The van der Waals surface area contributed by atoms with Crippen molar-refractivity contribution in [3.63, 3.8) is 0 Å². The van der Waals surface area contributed by atoms with Gasteiger partial charge in [-0.3, -0.25) is 9.59 Å². The number of methoxy groups -OCH3 is 1. The Morgan fingerprint density at radius 1 is 1.00 bits per heavy atom. The first-order valence-electron chi connectivity index (χ1n) is 9.75. The number of allylic oxidation sites excluding steroid dienone is 2. The third-order valence-corrected chi connectivity index (χ3v) is 7.52. The maximum Gasteiger partial charge on any atom is 0.306 e. The van der Waals surface area contributed by atoms with E-state index in [1.807, 2.05) is 19.1 Å². The van der Waals surface area contributed by atoms with Gasteiger partial charge in [0.05, 0.1) is 13.5 Å². The molecule has 0 spiro atoms. The zero-order valence-corrected chi connectivity index (χ0v) is 17.6. The number of carbonyl (C=O) groups is 2. The minimum Gasteiger partial charge on any atom is -0.469 e. The summed E-state index contributed by atoms with van der Waals surface area (Å²) in [5, 5.41) is 6.96. The molecule has 0 fully saturated rings. The maximum absolute atomic E-state index is 12.3. The van der Waals surface area contributed by atoms with E-state index in [4.69, 9.17) is 0 Å². The monoisotopic (exact) mass is 407 g/mol. The Kier molecular flexibility index (Phi) is 7.37. The summed E-state index contributed by atoms with van der Waals surface area (Å²) < 4.78 is 4.62. The van der Waals surface area contributed by atoms with Crippen LogP contribution in [0.25, 0.3) is 0 Å². The molecule has 1 amide bonds. The lowest BCUT2D eigenvalue weighted by Crippen LogP contribution is -2.38. The molecule has 0 radical (unpaired) electrons. The van der Waals surface area contributed by atoms with Crippen LogP contribution in [0.4, 0.5) is 0 Å². The van der Waals surface area contributed by atoms with Crippen LogP contribution >= 0.6 is 7.92 Å². The van der Waals surface area contributed by atoms with Gasteiger partial charge >= 0.3 is 5.97 Å². The second kappa shape index (κ2) is 10.2. The van der Waals surface area contributed by atoms with E-state index < -0.39 is 7.92 Å². The second-order valence-electron chi connectivity index (χ2n) is 6.94. The van der Waals surface area contributed by atoms with Crippen LogP contribution < -0.4 is 15.9 Å². The predicted octanol–water partition coefficient (Wildman–Crippen LogP) is 3.65. The molecule has 2 atom stereocenters. The van der Waals surface area contributed by atoms with Crippen LogP contribution in [0, 0.1) is 5.92 Å². The van der Waals surface area contributed by atoms with Crippen LogP contribution in [0.2, 0.25) is 0 Å². The number of esters is 1. The normalized spacial score (nSPS) is 16.4. The molecule has 150 valence electrons. The number of amides is 1. The summed E-state index contributed by atoms with van der Waals surface area (Å²) >= 11 is 0. The first kappa shape index (κ1) is 21.0. The predicted molar refractivity (Wildman–Crippen MR) is 119 cm³/mol. The molecule has 2 aromatic rings. The molecule has 1 aliphatic carbocycles. The third-order valence-electron chi connectivity index (χ3n) is 4.93. The molecule has 29 heavy (non-hydrogen) atoms. The second-order valence-corrected chi connectivity index (χ2v) is 9.16. The molecule has 5 heteroatoms. The Hall–Kier alpha value is -2.71. The molecule has 1 aliphatic rings. The molecule has 0 aliphatic heterocycles. The molecule has 0 heterocycles. The number of ether oxygens (including phenoxy) is 1. The summed E-state index contributed by atoms with van der Waals surface area (Å²) in [5.74, 6) is -0.388.